The van der Waals surface area contributed by atoms with Crippen LogP contribution in [-0.2, 0) is 14.3 Å². The molecule has 0 spiro atoms. The molecule has 0 bridgehead atoms. The molecule has 1 rings (SSSR count). The van der Waals surface area contributed by atoms with E-state index in [1.54, 1.807) is 0 Å². The first-order valence-electron chi connectivity index (χ1n) is 6.54. The number of nitrogens with one attached hydrogen (secondary N) is 1. The van der Waals surface area contributed by atoms with Crippen molar-refractivity contribution in [2.24, 2.45) is 0 Å². The number of aliphatic hydroxyl groups is 5. The zero-order valence-electron chi connectivity index (χ0n) is 12.1. The fourth-order valence-corrected chi connectivity index (χ4v) is 2.46. The van der Waals surface area contributed by atoms with Crippen molar-refractivity contribution in [3.8, 4) is 0 Å². The van der Waals surface area contributed by atoms with E-state index in [0.717, 1.165) is 13.8 Å². The molecule has 1 fully saturated rings. The fourth-order valence-electron chi connectivity index (χ4n) is 2.46. The van der Waals surface area contributed by atoms with E-state index in [9.17, 15) is 30.0 Å². The van der Waals surface area contributed by atoms with Crippen LogP contribution in [0.5, 0.6) is 0 Å². The molecule has 22 heavy (non-hydrogen) atoms. The van der Waals surface area contributed by atoms with Crippen LogP contribution in [0.15, 0.2) is 0 Å². The average Bonchev–Trinajstić information content (AvgIpc) is 2.38. The summed E-state index contributed by atoms with van der Waals surface area (Å²) in [6, 6.07) is -1.32. The molecule has 0 aromatic rings. The predicted molar refractivity (Wildman–Crippen MR) is 69.4 cm³/mol. The maximum Gasteiger partial charge on any atom is 0.364 e. The standard InChI is InChI=1S/C12H21NO9/c1-5(15)13-9-8(7(17)6(16)3-14)22-12(21,10(18)19)4-11(9,2)20/h6-9,14,16-17,20-21H,3-4H2,1-2H3,(H,13,15)(H,18,19)/t6-,7-,8+,9+,11+,12+/m1/s1. The first kappa shape index (κ1) is 18.7. The molecule has 0 aliphatic carbocycles. The number of aliphatic hydroxyl groups excluding tert-OH is 3. The van der Waals surface area contributed by atoms with E-state index in [2.05, 4.69) is 5.32 Å². The Balaban J connectivity index is 3.22. The van der Waals surface area contributed by atoms with E-state index < -0.39 is 60.6 Å². The summed E-state index contributed by atoms with van der Waals surface area (Å²) in [5.74, 6) is -5.23. The molecule has 0 radical (unpaired) electrons. The van der Waals surface area contributed by atoms with Crippen molar-refractivity contribution in [1.29, 1.82) is 0 Å². The summed E-state index contributed by atoms with van der Waals surface area (Å²) in [4.78, 5) is 22.4. The summed E-state index contributed by atoms with van der Waals surface area (Å²) in [6.45, 7) is 1.40. The molecule has 6 atom stereocenters. The number of hydrogen-bond donors (Lipinski definition) is 7. The maximum absolute atomic E-state index is 11.3. The molecular weight excluding hydrogens is 302 g/mol. The van der Waals surface area contributed by atoms with Crippen LogP contribution in [0, 0.1) is 0 Å². The molecule has 10 nitrogen and oxygen atoms in total. The van der Waals surface area contributed by atoms with Crippen LogP contribution in [0.2, 0.25) is 0 Å². The van der Waals surface area contributed by atoms with Crippen LogP contribution in [0.4, 0.5) is 0 Å². The van der Waals surface area contributed by atoms with Gasteiger partial charge in [-0.25, -0.2) is 4.79 Å². The smallest absolute Gasteiger partial charge is 0.364 e. The summed E-state index contributed by atoms with van der Waals surface area (Å²) in [7, 11) is 0. The van der Waals surface area contributed by atoms with Gasteiger partial charge in [0.05, 0.1) is 18.2 Å². The molecule has 0 aromatic heterocycles. The van der Waals surface area contributed by atoms with E-state index in [1.165, 1.54) is 0 Å². The largest absolute Gasteiger partial charge is 0.477 e. The number of aliphatic carboxylic acids is 1. The third kappa shape index (κ3) is 3.72. The highest BCUT2D eigenvalue weighted by Crippen LogP contribution is 2.36. The third-order valence-electron chi connectivity index (χ3n) is 3.54. The van der Waals surface area contributed by atoms with E-state index >= 15 is 0 Å². The number of amides is 1. The van der Waals surface area contributed by atoms with Crippen molar-refractivity contribution >= 4 is 11.9 Å². The van der Waals surface area contributed by atoms with Crippen LogP contribution in [0.25, 0.3) is 0 Å². The molecule has 0 saturated carbocycles. The van der Waals surface area contributed by atoms with Gasteiger partial charge in [-0.2, -0.15) is 0 Å². The van der Waals surface area contributed by atoms with Crippen molar-refractivity contribution in [2.75, 3.05) is 6.61 Å². The second kappa shape index (κ2) is 6.44. The summed E-state index contributed by atoms with van der Waals surface area (Å²) in [5.41, 5.74) is -1.96. The topological polar surface area (TPSA) is 177 Å². The Morgan fingerprint density at radius 3 is 2.32 bits per heavy atom. The monoisotopic (exact) mass is 323 g/mol. The Labute approximate surface area is 125 Å². The lowest BCUT2D eigenvalue weighted by molar-refractivity contribution is -0.310. The lowest BCUT2D eigenvalue weighted by Crippen LogP contribution is -2.71. The molecule has 1 saturated heterocycles. The van der Waals surface area contributed by atoms with Crippen LogP contribution in [-0.4, -0.2) is 84.9 Å². The minimum Gasteiger partial charge on any atom is -0.477 e. The summed E-state index contributed by atoms with van der Waals surface area (Å²) < 4.78 is 4.93. The molecule has 7 N–H and O–H groups in total. The lowest BCUT2D eigenvalue weighted by Gasteiger charge is -2.49. The number of carboxylic acids is 1. The predicted octanol–water partition coefficient (Wildman–Crippen LogP) is -3.48. The molecule has 1 aliphatic rings. The molecule has 0 unspecified atom stereocenters. The van der Waals surface area contributed by atoms with Gasteiger partial charge in [0.15, 0.2) is 0 Å². The van der Waals surface area contributed by atoms with Gasteiger partial charge in [0, 0.05) is 13.3 Å². The Kier molecular flexibility index (Phi) is 5.49. The fraction of sp³-hybridized carbons (Fsp3) is 0.833. The number of carbonyl (C=O) groups excluding carboxylic acids is 1. The molecule has 1 heterocycles. The molecule has 1 aliphatic heterocycles. The van der Waals surface area contributed by atoms with Gasteiger partial charge in [-0.1, -0.05) is 0 Å². The molecule has 128 valence electrons. The quantitative estimate of drug-likeness (QED) is 0.271. The minimum atomic E-state index is -2.82. The van der Waals surface area contributed by atoms with E-state index in [4.69, 9.17) is 14.9 Å². The van der Waals surface area contributed by atoms with Crippen molar-refractivity contribution in [1.82, 2.24) is 5.32 Å². The Morgan fingerprint density at radius 2 is 1.91 bits per heavy atom. The van der Waals surface area contributed by atoms with Gasteiger partial charge >= 0.3 is 5.97 Å². The van der Waals surface area contributed by atoms with Gasteiger partial charge < -0.3 is 40.7 Å². The SMILES string of the molecule is CC(=O)N[C@H]1[C@H]([C@H](O)[C@H](O)CO)O[C@](O)(C(=O)O)C[C@]1(C)O. The molecule has 0 aromatic carbocycles. The number of rotatable bonds is 5. The van der Waals surface area contributed by atoms with Gasteiger partial charge in [-0.15, -0.1) is 0 Å². The summed E-state index contributed by atoms with van der Waals surface area (Å²) >= 11 is 0. The second-order valence-corrected chi connectivity index (χ2v) is 5.62. The average molecular weight is 323 g/mol. The highest BCUT2D eigenvalue weighted by atomic mass is 16.7. The molecular formula is C12H21NO9. The van der Waals surface area contributed by atoms with Crippen LogP contribution in [0.1, 0.15) is 20.3 Å². The first-order valence-corrected chi connectivity index (χ1v) is 6.54. The molecule has 10 heteroatoms. The lowest BCUT2D eigenvalue weighted by atomic mass is 9.79. The van der Waals surface area contributed by atoms with Crippen molar-refractivity contribution in [3.63, 3.8) is 0 Å². The van der Waals surface area contributed by atoms with Crippen LogP contribution >= 0.6 is 0 Å². The maximum atomic E-state index is 11.3. The number of carbonyl (C=O) groups is 2. The van der Waals surface area contributed by atoms with E-state index in [0.29, 0.717) is 0 Å². The summed E-state index contributed by atoms with van der Waals surface area (Å²) in [5, 5.41) is 60.0. The minimum absolute atomic E-state index is 0.606. The zero-order chi connectivity index (χ0) is 17.3. The second-order valence-electron chi connectivity index (χ2n) is 5.62. The van der Waals surface area contributed by atoms with Gasteiger partial charge in [-0.3, -0.25) is 4.79 Å². The normalized spacial score (nSPS) is 38.1. The third-order valence-corrected chi connectivity index (χ3v) is 3.54. The van der Waals surface area contributed by atoms with Crippen molar-refractivity contribution < 1.29 is 45.0 Å². The van der Waals surface area contributed by atoms with Crippen LogP contribution in [0.3, 0.4) is 0 Å². The van der Waals surface area contributed by atoms with Gasteiger partial charge in [-0.05, 0) is 6.92 Å². The van der Waals surface area contributed by atoms with Gasteiger partial charge in [0.1, 0.15) is 18.3 Å². The highest BCUT2D eigenvalue weighted by Gasteiger charge is 2.58. The summed E-state index contributed by atoms with van der Waals surface area (Å²) in [6.07, 6.45) is -6.04. The van der Waals surface area contributed by atoms with Gasteiger partial charge in [0.2, 0.25) is 5.91 Å². The zero-order valence-corrected chi connectivity index (χ0v) is 12.1. The first-order chi connectivity index (χ1) is 9.94. The number of carboxylic acid groups (broad SMARTS) is 1. The van der Waals surface area contributed by atoms with E-state index in [-0.39, 0.29) is 0 Å². The van der Waals surface area contributed by atoms with Crippen LogP contribution < -0.4 is 5.32 Å². The Morgan fingerprint density at radius 1 is 1.36 bits per heavy atom. The molecule has 1 amide bonds. The van der Waals surface area contributed by atoms with Crippen molar-refractivity contribution in [2.45, 2.75) is 56.0 Å². The number of ether oxygens (including phenoxy) is 1. The Hall–Kier alpha value is -1.30. The Bertz CT molecular complexity index is 440. The van der Waals surface area contributed by atoms with Crippen molar-refractivity contribution in [3.05, 3.63) is 0 Å². The van der Waals surface area contributed by atoms with E-state index in [1.807, 2.05) is 0 Å². The number of hydrogen-bond acceptors (Lipinski definition) is 8. The highest BCUT2D eigenvalue weighted by molar-refractivity contribution is 5.76. The van der Waals surface area contributed by atoms with Gasteiger partial charge in [0.25, 0.3) is 5.79 Å².